The second-order valence-electron chi connectivity index (χ2n) is 8.02. The van der Waals surface area contributed by atoms with Crippen molar-refractivity contribution < 1.29 is 10.2 Å². The first-order valence-corrected chi connectivity index (χ1v) is 10.9. The molecule has 0 saturated carbocycles. The Balaban J connectivity index is 1.86. The lowest BCUT2D eigenvalue weighted by atomic mass is 9.98. The van der Waals surface area contributed by atoms with Crippen LogP contribution in [0.1, 0.15) is 12.0 Å². The number of fused-ring (bicyclic) bond motifs is 1. The Labute approximate surface area is 183 Å². The Morgan fingerprint density at radius 1 is 0.903 bits per heavy atom. The van der Waals surface area contributed by atoms with E-state index in [0.29, 0.717) is 26.1 Å². The van der Waals surface area contributed by atoms with Gasteiger partial charge in [-0.25, -0.2) is 0 Å². The minimum Gasteiger partial charge on any atom is -0.396 e. The van der Waals surface area contributed by atoms with E-state index < -0.39 is 6.10 Å². The number of aryl methyl sites for hydroxylation is 1. The van der Waals surface area contributed by atoms with Crippen molar-refractivity contribution in [1.82, 2.24) is 9.88 Å². The molecule has 31 heavy (non-hydrogen) atoms. The summed E-state index contributed by atoms with van der Waals surface area (Å²) >= 11 is 0. The Hall–Kier alpha value is -2.92. The van der Waals surface area contributed by atoms with E-state index in [1.807, 2.05) is 12.1 Å². The molecular weight excluding hydrogens is 384 g/mol. The van der Waals surface area contributed by atoms with E-state index >= 15 is 0 Å². The monoisotopic (exact) mass is 414 g/mol. The molecule has 160 valence electrons. The zero-order valence-corrected chi connectivity index (χ0v) is 18.0. The molecule has 4 heteroatoms. The van der Waals surface area contributed by atoms with Crippen LogP contribution in [0.4, 0.5) is 0 Å². The fourth-order valence-corrected chi connectivity index (χ4v) is 4.20. The van der Waals surface area contributed by atoms with Gasteiger partial charge in [0.2, 0.25) is 0 Å². The number of nitrogens with one attached hydrogen (secondary N) is 1. The summed E-state index contributed by atoms with van der Waals surface area (Å²) < 4.78 is 2.25. The second kappa shape index (κ2) is 9.92. The summed E-state index contributed by atoms with van der Waals surface area (Å²) in [5.41, 5.74) is 6.97. The fourth-order valence-electron chi connectivity index (χ4n) is 4.20. The van der Waals surface area contributed by atoms with Crippen LogP contribution in [0, 0.1) is 6.92 Å². The predicted molar refractivity (Wildman–Crippen MR) is 128 cm³/mol. The van der Waals surface area contributed by atoms with Crippen molar-refractivity contribution in [2.75, 3.05) is 19.7 Å². The van der Waals surface area contributed by atoms with Gasteiger partial charge in [-0.3, -0.25) is 0 Å². The van der Waals surface area contributed by atoms with E-state index in [0.717, 1.165) is 16.8 Å². The van der Waals surface area contributed by atoms with Gasteiger partial charge in [-0.2, -0.15) is 0 Å². The minimum atomic E-state index is -0.540. The van der Waals surface area contributed by atoms with Crippen molar-refractivity contribution in [3.8, 4) is 22.4 Å². The molecule has 4 aromatic rings. The molecule has 0 amide bonds. The Morgan fingerprint density at radius 2 is 1.58 bits per heavy atom. The number of aliphatic hydroxyl groups is 2. The minimum absolute atomic E-state index is 0.156. The molecule has 3 aromatic carbocycles. The van der Waals surface area contributed by atoms with Gasteiger partial charge < -0.3 is 20.1 Å². The SMILES string of the molecule is Cc1ccc2c(c1)c(-c1ccccc1)c(-c1ccccc1)n2CC(O)CNCCCO. The molecule has 0 radical (unpaired) electrons. The molecule has 0 spiro atoms. The van der Waals surface area contributed by atoms with Crippen LogP contribution in [-0.4, -0.2) is 40.6 Å². The summed E-state index contributed by atoms with van der Waals surface area (Å²) in [5.74, 6) is 0. The molecule has 0 saturated heterocycles. The van der Waals surface area contributed by atoms with Crippen LogP contribution in [0.25, 0.3) is 33.3 Å². The fraction of sp³-hybridized carbons (Fsp3) is 0.259. The third-order valence-electron chi connectivity index (χ3n) is 5.61. The molecule has 1 unspecified atom stereocenters. The molecule has 0 aliphatic carbocycles. The zero-order chi connectivity index (χ0) is 21.6. The van der Waals surface area contributed by atoms with Gasteiger partial charge in [0, 0.05) is 29.6 Å². The molecule has 4 nitrogen and oxygen atoms in total. The Kier molecular flexibility index (Phi) is 6.82. The van der Waals surface area contributed by atoms with Crippen molar-refractivity contribution in [1.29, 1.82) is 0 Å². The highest BCUT2D eigenvalue weighted by Crippen LogP contribution is 2.41. The van der Waals surface area contributed by atoms with Gasteiger partial charge in [-0.15, -0.1) is 0 Å². The number of benzene rings is 3. The van der Waals surface area contributed by atoms with Gasteiger partial charge in [0.25, 0.3) is 0 Å². The second-order valence-corrected chi connectivity index (χ2v) is 8.02. The van der Waals surface area contributed by atoms with Crippen LogP contribution in [0.15, 0.2) is 78.9 Å². The molecule has 1 heterocycles. The third kappa shape index (κ3) is 4.72. The molecule has 0 fully saturated rings. The summed E-state index contributed by atoms with van der Waals surface area (Å²) in [7, 11) is 0. The Bertz CT molecular complexity index is 1120. The van der Waals surface area contributed by atoms with Gasteiger partial charge in [0.1, 0.15) is 0 Å². The highest BCUT2D eigenvalue weighted by molar-refractivity contribution is 6.04. The molecule has 0 aliphatic rings. The molecule has 0 aliphatic heterocycles. The van der Waals surface area contributed by atoms with Gasteiger partial charge in [0.15, 0.2) is 0 Å². The maximum Gasteiger partial charge on any atom is 0.0843 e. The molecule has 4 rings (SSSR count). The van der Waals surface area contributed by atoms with Crippen molar-refractivity contribution in [2.24, 2.45) is 0 Å². The van der Waals surface area contributed by atoms with Gasteiger partial charge >= 0.3 is 0 Å². The van der Waals surface area contributed by atoms with Crippen LogP contribution in [0.5, 0.6) is 0 Å². The van der Waals surface area contributed by atoms with Crippen LogP contribution in [0.3, 0.4) is 0 Å². The summed E-state index contributed by atoms with van der Waals surface area (Å²) in [6, 6.07) is 27.4. The van der Waals surface area contributed by atoms with Gasteiger partial charge in [0.05, 0.1) is 18.3 Å². The normalized spacial score (nSPS) is 12.4. The van der Waals surface area contributed by atoms with Crippen LogP contribution < -0.4 is 5.32 Å². The van der Waals surface area contributed by atoms with Gasteiger partial charge in [-0.05, 0) is 43.1 Å². The summed E-state index contributed by atoms with van der Waals surface area (Å²) in [6.45, 7) is 3.94. The lowest BCUT2D eigenvalue weighted by molar-refractivity contribution is 0.152. The average Bonchev–Trinajstić information content (AvgIpc) is 3.11. The predicted octanol–water partition coefficient (Wildman–Crippen LogP) is 4.62. The largest absolute Gasteiger partial charge is 0.396 e. The third-order valence-corrected chi connectivity index (χ3v) is 5.61. The maximum atomic E-state index is 10.8. The number of nitrogens with zero attached hydrogens (tertiary/aromatic N) is 1. The molecule has 1 aromatic heterocycles. The van der Waals surface area contributed by atoms with Gasteiger partial charge in [-0.1, -0.05) is 72.3 Å². The molecule has 1 atom stereocenters. The van der Waals surface area contributed by atoms with Crippen LogP contribution >= 0.6 is 0 Å². The average molecular weight is 415 g/mol. The summed E-state index contributed by atoms with van der Waals surface area (Å²) in [6.07, 6.45) is 0.146. The number of hydrogen-bond donors (Lipinski definition) is 3. The first kappa shape index (κ1) is 21.3. The van der Waals surface area contributed by atoms with E-state index in [9.17, 15) is 5.11 Å². The highest BCUT2D eigenvalue weighted by Gasteiger charge is 2.21. The van der Waals surface area contributed by atoms with Crippen molar-refractivity contribution in [2.45, 2.75) is 26.0 Å². The van der Waals surface area contributed by atoms with E-state index in [1.54, 1.807) is 0 Å². The number of aromatic nitrogens is 1. The number of aliphatic hydroxyl groups excluding tert-OH is 2. The molecule has 0 bridgehead atoms. The van der Waals surface area contributed by atoms with Crippen molar-refractivity contribution in [3.05, 3.63) is 84.4 Å². The topological polar surface area (TPSA) is 57.4 Å². The molecule has 3 N–H and O–H groups in total. The first-order valence-electron chi connectivity index (χ1n) is 10.9. The first-order chi connectivity index (χ1) is 15.2. The standard InChI is InChI=1S/C27H30N2O2/c1-20-13-14-25-24(17-20)26(21-9-4-2-5-10-21)27(22-11-6-3-7-12-22)29(25)19-23(31)18-28-15-8-16-30/h2-7,9-14,17,23,28,30-31H,8,15-16,18-19H2,1H3. The van der Waals surface area contributed by atoms with E-state index in [1.165, 1.54) is 22.1 Å². The lowest BCUT2D eigenvalue weighted by Crippen LogP contribution is -2.31. The zero-order valence-electron chi connectivity index (χ0n) is 18.0. The van der Waals surface area contributed by atoms with Crippen LogP contribution in [-0.2, 0) is 6.54 Å². The van der Waals surface area contributed by atoms with Crippen molar-refractivity contribution >= 4 is 10.9 Å². The lowest BCUT2D eigenvalue weighted by Gasteiger charge is -2.17. The van der Waals surface area contributed by atoms with Crippen LogP contribution in [0.2, 0.25) is 0 Å². The smallest absolute Gasteiger partial charge is 0.0843 e. The van der Waals surface area contributed by atoms with Crippen molar-refractivity contribution in [3.63, 3.8) is 0 Å². The van der Waals surface area contributed by atoms with E-state index in [2.05, 4.69) is 83.5 Å². The van der Waals surface area contributed by atoms with E-state index in [-0.39, 0.29) is 6.61 Å². The number of rotatable bonds is 9. The number of hydrogen-bond acceptors (Lipinski definition) is 3. The maximum absolute atomic E-state index is 10.8. The highest BCUT2D eigenvalue weighted by atomic mass is 16.3. The quantitative estimate of drug-likeness (QED) is 0.350. The summed E-state index contributed by atoms with van der Waals surface area (Å²) in [4.78, 5) is 0. The summed E-state index contributed by atoms with van der Waals surface area (Å²) in [5, 5.41) is 24.2. The Morgan fingerprint density at radius 3 is 2.26 bits per heavy atom. The van der Waals surface area contributed by atoms with E-state index in [4.69, 9.17) is 5.11 Å². The molecular formula is C27H30N2O2.